The Balaban J connectivity index is 2.33. The molecule has 1 atom stereocenters. The number of ether oxygens (including phenoxy) is 2. The van der Waals surface area contributed by atoms with Crippen molar-refractivity contribution in [3.63, 3.8) is 0 Å². The Labute approximate surface area is 129 Å². The molecule has 0 bridgehead atoms. The maximum Gasteiger partial charge on any atom is 0.306 e. The first-order valence-electron chi connectivity index (χ1n) is 7.19. The predicted molar refractivity (Wildman–Crippen MR) is 82.5 cm³/mol. The molecule has 4 heteroatoms. The van der Waals surface area contributed by atoms with E-state index in [1.807, 2.05) is 30.3 Å². The van der Waals surface area contributed by atoms with Crippen LogP contribution in [0.15, 0.2) is 48.5 Å². The van der Waals surface area contributed by atoms with Gasteiger partial charge in [-0.25, -0.2) is 4.39 Å². The maximum absolute atomic E-state index is 13.5. The fourth-order valence-electron chi connectivity index (χ4n) is 2.37. The molecule has 0 amide bonds. The van der Waals surface area contributed by atoms with Crippen LogP contribution in [0.4, 0.5) is 4.39 Å². The number of methoxy groups -OCH3 is 1. The highest BCUT2D eigenvalue weighted by atomic mass is 19.1. The van der Waals surface area contributed by atoms with E-state index in [0.29, 0.717) is 6.61 Å². The van der Waals surface area contributed by atoms with Crippen LogP contribution in [0.3, 0.4) is 0 Å². The Kier molecular flexibility index (Phi) is 5.53. The Morgan fingerprint density at radius 3 is 2.45 bits per heavy atom. The summed E-state index contributed by atoms with van der Waals surface area (Å²) in [5.41, 5.74) is 1.66. The van der Waals surface area contributed by atoms with Crippen molar-refractivity contribution in [3.8, 4) is 5.75 Å². The molecule has 0 aromatic heterocycles. The maximum atomic E-state index is 13.5. The molecule has 0 fully saturated rings. The number of esters is 1. The Morgan fingerprint density at radius 2 is 1.86 bits per heavy atom. The topological polar surface area (TPSA) is 35.5 Å². The number of rotatable bonds is 6. The fourth-order valence-corrected chi connectivity index (χ4v) is 2.37. The molecular formula is C18H19FO3. The van der Waals surface area contributed by atoms with Crippen molar-refractivity contribution in [3.05, 3.63) is 65.5 Å². The molecule has 0 heterocycles. The zero-order valence-electron chi connectivity index (χ0n) is 12.7. The lowest BCUT2D eigenvalue weighted by molar-refractivity contribution is -0.143. The SMILES string of the molecule is CCOC(=O)CC(c1ccc(OC)cc1)c1cccc(F)c1. The van der Waals surface area contributed by atoms with E-state index in [2.05, 4.69) is 0 Å². The van der Waals surface area contributed by atoms with E-state index in [-0.39, 0.29) is 24.1 Å². The van der Waals surface area contributed by atoms with E-state index in [1.165, 1.54) is 12.1 Å². The molecule has 0 radical (unpaired) electrons. The van der Waals surface area contributed by atoms with Crippen molar-refractivity contribution >= 4 is 5.97 Å². The van der Waals surface area contributed by atoms with E-state index in [4.69, 9.17) is 9.47 Å². The predicted octanol–water partition coefficient (Wildman–Crippen LogP) is 3.92. The number of hydrogen-bond donors (Lipinski definition) is 0. The van der Waals surface area contributed by atoms with E-state index >= 15 is 0 Å². The second-order valence-corrected chi connectivity index (χ2v) is 4.89. The molecular weight excluding hydrogens is 283 g/mol. The van der Waals surface area contributed by atoms with Crippen LogP contribution in [-0.4, -0.2) is 19.7 Å². The average molecular weight is 302 g/mol. The summed E-state index contributed by atoms with van der Waals surface area (Å²) in [6, 6.07) is 13.7. The minimum Gasteiger partial charge on any atom is -0.497 e. The summed E-state index contributed by atoms with van der Waals surface area (Å²) >= 11 is 0. The Hall–Kier alpha value is -2.36. The molecule has 2 rings (SSSR count). The van der Waals surface area contributed by atoms with Crippen molar-refractivity contribution in [1.29, 1.82) is 0 Å². The second-order valence-electron chi connectivity index (χ2n) is 4.89. The zero-order chi connectivity index (χ0) is 15.9. The van der Waals surface area contributed by atoms with Gasteiger partial charge in [0.05, 0.1) is 20.1 Å². The highest BCUT2D eigenvalue weighted by molar-refractivity contribution is 5.71. The van der Waals surface area contributed by atoms with Crippen LogP contribution in [0.5, 0.6) is 5.75 Å². The molecule has 2 aromatic rings. The molecule has 22 heavy (non-hydrogen) atoms. The standard InChI is InChI=1S/C18H19FO3/c1-3-22-18(20)12-17(14-5-4-6-15(19)11-14)13-7-9-16(21-2)10-8-13/h4-11,17H,3,12H2,1-2H3. The van der Waals surface area contributed by atoms with Crippen LogP contribution in [-0.2, 0) is 9.53 Å². The van der Waals surface area contributed by atoms with Crippen molar-refractivity contribution in [2.24, 2.45) is 0 Å². The van der Waals surface area contributed by atoms with Crippen molar-refractivity contribution in [2.45, 2.75) is 19.3 Å². The quantitative estimate of drug-likeness (QED) is 0.759. The minimum absolute atomic E-state index is 0.170. The molecule has 3 nitrogen and oxygen atoms in total. The van der Waals surface area contributed by atoms with Gasteiger partial charge in [0.25, 0.3) is 0 Å². The molecule has 0 spiro atoms. The van der Waals surface area contributed by atoms with E-state index < -0.39 is 0 Å². The van der Waals surface area contributed by atoms with E-state index in [0.717, 1.165) is 16.9 Å². The summed E-state index contributed by atoms with van der Waals surface area (Å²) in [7, 11) is 1.59. The number of halogens is 1. The third kappa shape index (κ3) is 4.07. The molecule has 1 unspecified atom stereocenters. The van der Waals surface area contributed by atoms with Gasteiger partial charge in [-0.15, -0.1) is 0 Å². The molecule has 0 saturated carbocycles. The second kappa shape index (κ2) is 7.59. The summed E-state index contributed by atoms with van der Waals surface area (Å²) in [4.78, 5) is 11.9. The van der Waals surface area contributed by atoms with Gasteiger partial charge < -0.3 is 9.47 Å². The van der Waals surface area contributed by atoms with Gasteiger partial charge in [0, 0.05) is 5.92 Å². The molecule has 0 saturated heterocycles. The van der Waals surface area contributed by atoms with Crippen molar-refractivity contribution in [2.75, 3.05) is 13.7 Å². The lowest BCUT2D eigenvalue weighted by atomic mass is 9.88. The van der Waals surface area contributed by atoms with Crippen LogP contribution in [0, 0.1) is 5.82 Å². The van der Waals surface area contributed by atoms with Crippen molar-refractivity contribution in [1.82, 2.24) is 0 Å². The summed E-state index contributed by atoms with van der Waals surface area (Å²) in [6.45, 7) is 2.10. The van der Waals surface area contributed by atoms with Gasteiger partial charge in [-0.05, 0) is 42.3 Å². The molecule has 2 aromatic carbocycles. The van der Waals surface area contributed by atoms with Crippen LogP contribution < -0.4 is 4.74 Å². The zero-order valence-corrected chi connectivity index (χ0v) is 12.7. The highest BCUT2D eigenvalue weighted by Gasteiger charge is 2.19. The van der Waals surface area contributed by atoms with Gasteiger partial charge in [-0.1, -0.05) is 24.3 Å². The molecule has 116 valence electrons. The Morgan fingerprint density at radius 1 is 1.14 bits per heavy atom. The Bertz CT molecular complexity index is 622. The van der Waals surface area contributed by atoms with Crippen LogP contribution in [0.1, 0.15) is 30.4 Å². The number of carbonyl (C=O) groups excluding carboxylic acids is 1. The smallest absolute Gasteiger partial charge is 0.306 e. The van der Waals surface area contributed by atoms with Gasteiger partial charge >= 0.3 is 5.97 Å². The molecule has 0 aliphatic rings. The normalized spacial score (nSPS) is 11.8. The third-order valence-corrected chi connectivity index (χ3v) is 3.45. The lowest BCUT2D eigenvalue weighted by Gasteiger charge is -2.17. The average Bonchev–Trinajstić information content (AvgIpc) is 2.53. The van der Waals surface area contributed by atoms with Gasteiger partial charge in [-0.2, -0.15) is 0 Å². The first-order chi connectivity index (χ1) is 10.6. The number of benzene rings is 2. The first kappa shape index (κ1) is 16.0. The number of carbonyl (C=O) groups is 1. The van der Waals surface area contributed by atoms with E-state index in [9.17, 15) is 9.18 Å². The largest absolute Gasteiger partial charge is 0.497 e. The lowest BCUT2D eigenvalue weighted by Crippen LogP contribution is -2.12. The number of hydrogen-bond acceptors (Lipinski definition) is 3. The third-order valence-electron chi connectivity index (χ3n) is 3.45. The monoisotopic (exact) mass is 302 g/mol. The van der Waals surface area contributed by atoms with Gasteiger partial charge in [-0.3, -0.25) is 4.79 Å². The summed E-state index contributed by atoms with van der Waals surface area (Å²) < 4.78 is 23.7. The van der Waals surface area contributed by atoms with Crippen molar-refractivity contribution < 1.29 is 18.7 Å². The fraction of sp³-hybridized carbons (Fsp3) is 0.278. The highest BCUT2D eigenvalue weighted by Crippen LogP contribution is 2.30. The minimum atomic E-state index is -0.320. The van der Waals surface area contributed by atoms with Gasteiger partial charge in [0.1, 0.15) is 11.6 Å². The van der Waals surface area contributed by atoms with Crippen LogP contribution in [0.2, 0.25) is 0 Å². The van der Waals surface area contributed by atoms with Gasteiger partial charge in [0.2, 0.25) is 0 Å². The van der Waals surface area contributed by atoms with Crippen LogP contribution >= 0.6 is 0 Å². The van der Waals surface area contributed by atoms with Gasteiger partial charge in [0.15, 0.2) is 0 Å². The molecule has 0 aliphatic heterocycles. The molecule has 0 N–H and O–H groups in total. The molecule has 0 aliphatic carbocycles. The first-order valence-corrected chi connectivity index (χ1v) is 7.19. The van der Waals surface area contributed by atoms with Crippen LogP contribution in [0.25, 0.3) is 0 Å². The summed E-state index contributed by atoms with van der Waals surface area (Å²) in [6.07, 6.45) is 0.170. The summed E-state index contributed by atoms with van der Waals surface area (Å²) in [5.74, 6) is -0.133. The summed E-state index contributed by atoms with van der Waals surface area (Å²) in [5, 5.41) is 0. The van der Waals surface area contributed by atoms with E-state index in [1.54, 1.807) is 20.1 Å².